The first-order valence-corrected chi connectivity index (χ1v) is 3.97. The van der Waals surface area contributed by atoms with Gasteiger partial charge in [-0.2, -0.15) is 10.1 Å². The molecule has 0 fully saturated rings. The molecule has 12 heavy (non-hydrogen) atoms. The normalized spacial score (nSPS) is 11.7. The summed E-state index contributed by atoms with van der Waals surface area (Å²) in [5.74, 6) is 1.11. The van der Waals surface area contributed by atoms with E-state index in [0.29, 0.717) is 5.92 Å². The molecule has 2 aromatic heterocycles. The minimum absolute atomic E-state index is 0.331. The lowest BCUT2D eigenvalue weighted by atomic mass is 10.2. The van der Waals surface area contributed by atoms with Crippen LogP contribution in [-0.2, 0) is 7.05 Å². The van der Waals surface area contributed by atoms with Gasteiger partial charge in [-0.15, -0.1) is 0 Å². The predicted molar refractivity (Wildman–Crippen MR) is 44.9 cm³/mol. The van der Waals surface area contributed by atoms with Crippen molar-refractivity contribution < 1.29 is 4.42 Å². The second-order valence-corrected chi connectivity index (χ2v) is 3.16. The molecule has 0 aromatic carbocycles. The standard InChI is InChI=1S/C8H11N3O/c1-5(2)8-10-7-6(12-8)4-9-11(7)3/h4-5H,1-3H3. The fourth-order valence-electron chi connectivity index (χ4n) is 1.10. The summed E-state index contributed by atoms with van der Waals surface area (Å²) in [5, 5.41) is 4.02. The Morgan fingerprint density at radius 3 is 2.83 bits per heavy atom. The number of fused-ring (bicyclic) bond motifs is 1. The first kappa shape index (κ1) is 7.34. The quantitative estimate of drug-likeness (QED) is 0.645. The van der Waals surface area contributed by atoms with Crippen LogP contribution in [0.5, 0.6) is 0 Å². The van der Waals surface area contributed by atoms with Gasteiger partial charge in [0, 0.05) is 13.0 Å². The largest absolute Gasteiger partial charge is 0.437 e. The SMILES string of the molecule is CC(C)c1nc2c(cnn2C)o1. The molecule has 4 nitrogen and oxygen atoms in total. The monoisotopic (exact) mass is 165 g/mol. The Labute approximate surface area is 70.2 Å². The zero-order valence-corrected chi connectivity index (χ0v) is 7.40. The van der Waals surface area contributed by atoms with Crippen LogP contribution in [0.1, 0.15) is 25.7 Å². The van der Waals surface area contributed by atoms with Crippen LogP contribution in [0, 0.1) is 0 Å². The molecule has 0 bridgehead atoms. The molecule has 2 aromatic rings. The van der Waals surface area contributed by atoms with Gasteiger partial charge in [0.25, 0.3) is 0 Å². The topological polar surface area (TPSA) is 43.9 Å². The third-order valence-electron chi connectivity index (χ3n) is 1.80. The smallest absolute Gasteiger partial charge is 0.199 e. The average Bonchev–Trinajstić information content (AvgIpc) is 2.53. The van der Waals surface area contributed by atoms with Gasteiger partial charge in [-0.25, -0.2) is 4.68 Å². The summed E-state index contributed by atoms with van der Waals surface area (Å²) in [4.78, 5) is 4.31. The van der Waals surface area contributed by atoms with Crippen molar-refractivity contribution in [1.82, 2.24) is 14.8 Å². The van der Waals surface area contributed by atoms with Gasteiger partial charge in [0.15, 0.2) is 17.1 Å². The molecule has 0 saturated carbocycles. The van der Waals surface area contributed by atoms with E-state index < -0.39 is 0 Å². The number of oxazole rings is 1. The molecule has 0 radical (unpaired) electrons. The Morgan fingerprint density at radius 2 is 2.25 bits per heavy atom. The van der Waals surface area contributed by atoms with Crippen molar-refractivity contribution in [3.8, 4) is 0 Å². The van der Waals surface area contributed by atoms with E-state index in [4.69, 9.17) is 4.42 Å². The van der Waals surface area contributed by atoms with Crippen LogP contribution in [0.15, 0.2) is 10.6 Å². The van der Waals surface area contributed by atoms with Crippen molar-refractivity contribution in [3.63, 3.8) is 0 Å². The minimum atomic E-state index is 0.331. The minimum Gasteiger partial charge on any atom is -0.437 e. The van der Waals surface area contributed by atoms with Crippen molar-refractivity contribution in [3.05, 3.63) is 12.1 Å². The predicted octanol–water partition coefficient (Wildman–Crippen LogP) is 1.68. The summed E-state index contributed by atoms with van der Waals surface area (Å²) in [6, 6.07) is 0. The Balaban J connectivity index is 2.63. The lowest BCUT2D eigenvalue weighted by molar-refractivity contribution is 0.500. The maximum Gasteiger partial charge on any atom is 0.199 e. The highest BCUT2D eigenvalue weighted by Gasteiger charge is 2.11. The number of nitrogens with zero attached hydrogens (tertiary/aromatic N) is 3. The zero-order chi connectivity index (χ0) is 8.72. The molecule has 0 aliphatic rings. The second kappa shape index (κ2) is 2.33. The lowest BCUT2D eigenvalue weighted by Crippen LogP contribution is -1.92. The van der Waals surface area contributed by atoms with Gasteiger partial charge < -0.3 is 4.42 Å². The Bertz CT molecular complexity index is 399. The van der Waals surface area contributed by atoms with Crippen LogP contribution >= 0.6 is 0 Å². The highest BCUT2D eigenvalue weighted by atomic mass is 16.4. The number of aromatic nitrogens is 3. The van der Waals surface area contributed by atoms with Crippen LogP contribution in [0.3, 0.4) is 0 Å². The Hall–Kier alpha value is -1.32. The van der Waals surface area contributed by atoms with Crippen LogP contribution in [0.25, 0.3) is 11.2 Å². The molecule has 0 saturated heterocycles. The molecule has 2 heterocycles. The van der Waals surface area contributed by atoms with Crippen LogP contribution in [0.2, 0.25) is 0 Å². The summed E-state index contributed by atoms with van der Waals surface area (Å²) >= 11 is 0. The van der Waals surface area contributed by atoms with Crippen LogP contribution in [-0.4, -0.2) is 14.8 Å². The average molecular weight is 165 g/mol. The molecule has 0 unspecified atom stereocenters. The van der Waals surface area contributed by atoms with E-state index in [1.807, 2.05) is 7.05 Å². The maximum atomic E-state index is 5.46. The van der Waals surface area contributed by atoms with E-state index in [9.17, 15) is 0 Å². The summed E-state index contributed by atoms with van der Waals surface area (Å²) in [5.41, 5.74) is 1.58. The van der Waals surface area contributed by atoms with E-state index in [1.165, 1.54) is 0 Å². The highest BCUT2D eigenvalue weighted by molar-refractivity contribution is 5.67. The summed E-state index contributed by atoms with van der Waals surface area (Å²) in [6.07, 6.45) is 1.69. The van der Waals surface area contributed by atoms with E-state index in [2.05, 4.69) is 23.9 Å². The van der Waals surface area contributed by atoms with Crippen molar-refractivity contribution in [2.45, 2.75) is 19.8 Å². The molecular formula is C8H11N3O. The molecule has 2 rings (SSSR count). The van der Waals surface area contributed by atoms with Crippen molar-refractivity contribution in [2.75, 3.05) is 0 Å². The summed E-state index contributed by atoms with van der Waals surface area (Å²) < 4.78 is 7.17. The third-order valence-corrected chi connectivity index (χ3v) is 1.80. The summed E-state index contributed by atoms with van der Waals surface area (Å²) in [7, 11) is 1.86. The van der Waals surface area contributed by atoms with Crippen molar-refractivity contribution in [2.24, 2.45) is 7.05 Å². The highest BCUT2D eigenvalue weighted by Crippen LogP contribution is 2.19. The Morgan fingerprint density at radius 1 is 1.50 bits per heavy atom. The lowest BCUT2D eigenvalue weighted by Gasteiger charge is -1.94. The zero-order valence-electron chi connectivity index (χ0n) is 7.40. The van der Waals surface area contributed by atoms with Gasteiger partial charge >= 0.3 is 0 Å². The van der Waals surface area contributed by atoms with Gasteiger partial charge in [0.2, 0.25) is 0 Å². The van der Waals surface area contributed by atoms with E-state index in [0.717, 1.165) is 17.1 Å². The third kappa shape index (κ3) is 0.913. The molecule has 0 amide bonds. The summed E-state index contributed by atoms with van der Waals surface area (Å²) in [6.45, 7) is 4.11. The molecule has 4 heteroatoms. The van der Waals surface area contributed by atoms with E-state index >= 15 is 0 Å². The van der Waals surface area contributed by atoms with Crippen LogP contribution < -0.4 is 0 Å². The number of aryl methyl sites for hydroxylation is 1. The molecule has 0 aliphatic carbocycles. The number of hydrogen-bond acceptors (Lipinski definition) is 3. The van der Waals surface area contributed by atoms with E-state index in [-0.39, 0.29) is 0 Å². The van der Waals surface area contributed by atoms with Crippen molar-refractivity contribution >= 4 is 11.2 Å². The second-order valence-electron chi connectivity index (χ2n) is 3.16. The first-order valence-electron chi connectivity index (χ1n) is 3.97. The molecule has 64 valence electrons. The molecule has 0 atom stereocenters. The number of hydrogen-bond donors (Lipinski definition) is 0. The van der Waals surface area contributed by atoms with Crippen LogP contribution in [0.4, 0.5) is 0 Å². The molecule has 0 N–H and O–H groups in total. The molecule has 0 spiro atoms. The maximum absolute atomic E-state index is 5.46. The fraction of sp³-hybridized carbons (Fsp3) is 0.500. The van der Waals surface area contributed by atoms with Crippen molar-refractivity contribution in [1.29, 1.82) is 0 Å². The first-order chi connectivity index (χ1) is 5.68. The van der Waals surface area contributed by atoms with Gasteiger partial charge in [0.05, 0.1) is 6.20 Å². The fourth-order valence-corrected chi connectivity index (χ4v) is 1.10. The molecular weight excluding hydrogens is 154 g/mol. The van der Waals surface area contributed by atoms with Gasteiger partial charge in [-0.3, -0.25) is 0 Å². The van der Waals surface area contributed by atoms with E-state index in [1.54, 1.807) is 10.9 Å². The Kier molecular flexibility index (Phi) is 1.43. The van der Waals surface area contributed by atoms with Gasteiger partial charge in [-0.1, -0.05) is 13.8 Å². The number of rotatable bonds is 1. The van der Waals surface area contributed by atoms with Gasteiger partial charge in [-0.05, 0) is 0 Å². The van der Waals surface area contributed by atoms with Gasteiger partial charge in [0.1, 0.15) is 0 Å². The molecule has 0 aliphatic heterocycles.